The molecule has 68 valence electrons. The van der Waals surface area contributed by atoms with E-state index in [0.717, 1.165) is 16.9 Å². The summed E-state index contributed by atoms with van der Waals surface area (Å²) in [5.41, 5.74) is 0.837. The molecule has 3 aromatic heterocycles. The Hall–Kier alpha value is -2.17. The number of aromatic nitrogens is 5. The van der Waals surface area contributed by atoms with Gasteiger partial charge in [0.05, 0.1) is 5.39 Å². The fourth-order valence-corrected chi connectivity index (χ4v) is 1.45. The number of nitrogens with one attached hydrogen (secondary N) is 1. The summed E-state index contributed by atoms with van der Waals surface area (Å²) in [6, 6.07) is 1.95. The van der Waals surface area contributed by atoms with Crippen molar-refractivity contribution in [2.75, 3.05) is 0 Å². The van der Waals surface area contributed by atoms with Gasteiger partial charge < -0.3 is 4.98 Å². The lowest BCUT2D eigenvalue weighted by molar-refractivity contribution is 0.992. The molecule has 0 saturated heterocycles. The highest BCUT2D eigenvalue weighted by Gasteiger charge is 2.04. The predicted molar refractivity (Wildman–Crippen MR) is 51.0 cm³/mol. The van der Waals surface area contributed by atoms with Gasteiger partial charge in [0, 0.05) is 18.6 Å². The SMILES string of the molecule is c1cn(-c2ncnc3[nH]ccc23)cn1. The Morgan fingerprint density at radius 2 is 2.29 bits per heavy atom. The molecule has 0 bridgehead atoms. The third kappa shape index (κ3) is 0.922. The molecule has 3 aromatic rings. The molecule has 0 aliphatic carbocycles. The van der Waals surface area contributed by atoms with Gasteiger partial charge in [0.25, 0.3) is 0 Å². The molecule has 0 atom stereocenters. The predicted octanol–water partition coefficient (Wildman–Crippen LogP) is 1.14. The van der Waals surface area contributed by atoms with Gasteiger partial charge in [-0.3, -0.25) is 4.57 Å². The molecule has 5 nitrogen and oxygen atoms in total. The van der Waals surface area contributed by atoms with Crippen molar-refractivity contribution >= 4 is 11.0 Å². The van der Waals surface area contributed by atoms with E-state index in [1.807, 2.05) is 23.0 Å². The van der Waals surface area contributed by atoms with E-state index in [1.54, 1.807) is 12.5 Å². The zero-order chi connectivity index (χ0) is 9.38. The highest BCUT2D eigenvalue weighted by molar-refractivity contribution is 5.82. The van der Waals surface area contributed by atoms with E-state index in [2.05, 4.69) is 19.9 Å². The first-order chi connectivity index (χ1) is 6.95. The molecule has 0 saturated carbocycles. The van der Waals surface area contributed by atoms with Crippen molar-refractivity contribution in [2.24, 2.45) is 0 Å². The summed E-state index contributed by atoms with van der Waals surface area (Å²) in [5, 5.41) is 0.991. The van der Waals surface area contributed by atoms with Crippen LogP contribution < -0.4 is 0 Å². The van der Waals surface area contributed by atoms with E-state index >= 15 is 0 Å². The van der Waals surface area contributed by atoms with Gasteiger partial charge in [0.15, 0.2) is 5.82 Å². The minimum Gasteiger partial charge on any atom is -0.346 e. The fraction of sp³-hybridized carbons (Fsp3) is 0. The van der Waals surface area contributed by atoms with Gasteiger partial charge in [-0.25, -0.2) is 15.0 Å². The normalized spacial score (nSPS) is 10.9. The summed E-state index contributed by atoms with van der Waals surface area (Å²) in [6.45, 7) is 0. The molecular formula is C9H7N5. The quantitative estimate of drug-likeness (QED) is 0.618. The number of hydrogen-bond acceptors (Lipinski definition) is 3. The number of nitrogens with zero attached hydrogens (tertiary/aromatic N) is 4. The summed E-state index contributed by atoms with van der Waals surface area (Å²) in [5.74, 6) is 0.841. The van der Waals surface area contributed by atoms with Crippen LogP contribution in [0.15, 0.2) is 37.3 Å². The second-order valence-corrected chi connectivity index (χ2v) is 2.91. The molecule has 0 aromatic carbocycles. The average Bonchev–Trinajstić information content (AvgIpc) is 2.88. The molecule has 0 amide bonds. The van der Waals surface area contributed by atoms with Crippen LogP contribution in [0.5, 0.6) is 0 Å². The Morgan fingerprint density at radius 1 is 1.29 bits per heavy atom. The summed E-state index contributed by atoms with van der Waals surface area (Å²) < 4.78 is 1.86. The lowest BCUT2D eigenvalue weighted by Gasteiger charge is -2.00. The Morgan fingerprint density at radius 3 is 3.14 bits per heavy atom. The third-order valence-electron chi connectivity index (χ3n) is 2.08. The van der Waals surface area contributed by atoms with Crippen LogP contribution in [0, 0.1) is 0 Å². The summed E-state index contributed by atoms with van der Waals surface area (Å²) >= 11 is 0. The first-order valence-corrected chi connectivity index (χ1v) is 4.21. The summed E-state index contributed by atoms with van der Waals surface area (Å²) in [4.78, 5) is 15.3. The molecule has 0 fully saturated rings. The van der Waals surface area contributed by atoms with E-state index in [0.29, 0.717) is 0 Å². The van der Waals surface area contributed by atoms with Gasteiger partial charge in [0.2, 0.25) is 0 Å². The number of aromatic amines is 1. The second kappa shape index (κ2) is 2.66. The number of H-pyrrole nitrogens is 1. The van der Waals surface area contributed by atoms with Crippen LogP contribution in [0.2, 0.25) is 0 Å². The third-order valence-corrected chi connectivity index (χ3v) is 2.08. The molecule has 0 aliphatic heterocycles. The van der Waals surface area contributed by atoms with Crippen LogP contribution in [0.3, 0.4) is 0 Å². The minimum absolute atomic E-state index is 0.837. The van der Waals surface area contributed by atoms with Gasteiger partial charge in [-0.15, -0.1) is 0 Å². The van der Waals surface area contributed by atoms with Gasteiger partial charge in [-0.05, 0) is 6.07 Å². The molecule has 0 radical (unpaired) electrons. The smallest absolute Gasteiger partial charge is 0.150 e. The van der Waals surface area contributed by atoms with Gasteiger partial charge in [0.1, 0.15) is 18.3 Å². The van der Waals surface area contributed by atoms with E-state index < -0.39 is 0 Å². The van der Waals surface area contributed by atoms with Crippen molar-refractivity contribution in [1.29, 1.82) is 0 Å². The number of hydrogen-bond donors (Lipinski definition) is 1. The van der Waals surface area contributed by atoms with Gasteiger partial charge >= 0.3 is 0 Å². The number of imidazole rings is 1. The molecule has 3 rings (SSSR count). The Kier molecular flexibility index (Phi) is 1.38. The first-order valence-electron chi connectivity index (χ1n) is 4.21. The maximum atomic E-state index is 4.21. The topological polar surface area (TPSA) is 59.4 Å². The van der Waals surface area contributed by atoms with E-state index in [-0.39, 0.29) is 0 Å². The van der Waals surface area contributed by atoms with Crippen molar-refractivity contribution in [3.05, 3.63) is 37.3 Å². The maximum absolute atomic E-state index is 4.21. The van der Waals surface area contributed by atoms with E-state index in [9.17, 15) is 0 Å². The van der Waals surface area contributed by atoms with Crippen molar-refractivity contribution < 1.29 is 0 Å². The summed E-state index contributed by atoms with van der Waals surface area (Å²) in [7, 11) is 0. The van der Waals surface area contributed by atoms with Crippen molar-refractivity contribution in [3.8, 4) is 5.82 Å². The summed E-state index contributed by atoms with van der Waals surface area (Å²) in [6.07, 6.45) is 8.68. The zero-order valence-corrected chi connectivity index (χ0v) is 7.25. The van der Waals surface area contributed by atoms with Gasteiger partial charge in [-0.1, -0.05) is 0 Å². The van der Waals surface area contributed by atoms with Crippen molar-refractivity contribution in [3.63, 3.8) is 0 Å². The standard InChI is InChI=1S/C9H7N5/c1-2-11-8-7(1)9(13-5-12-8)14-4-3-10-6-14/h1-6H,(H,11,12,13). The lowest BCUT2D eigenvalue weighted by Crippen LogP contribution is -1.95. The largest absolute Gasteiger partial charge is 0.346 e. The minimum atomic E-state index is 0.837. The second-order valence-electron chi connectivity index (χ2n) is 2.91. The van der Waals surface area contributed by atoms with Crippen LogP contribution in [0.25, 0.3) is 16.9 Å². The van der Waals surface area contributed by atoms with Crippen molar-refractivity contribution in [1.82, 2.24) is 24.5 Å². The number of fused-ring (bicyclic) bond motifs is 1. The van der Waals surface area contributed by atoms with Crippen LogP contribution in [-0.4, -0.2) is 24.5 Å². The Bertz CT molecular complexity index is 551. The zero-order valence-electron chi connectivity index (χ0n) is 7.25. The molecule has 14 heavy (non-hydrogen) atoms. The van der Waals surface area contributed by atoms with Crippen LogP contribution >= 0.6 is 0 Å². The Balaban J connectivity index is 2.36. The monoisotopic (exact) mass is 185 g/mol. The van der Waals surface area contributed by atoms with E-state index in [4.69, 9.17) is 0 Å². The van der Waals surface area contributed by atoms with Gasteiger partial charge in [-0.2, -0.15) is 0 Å². The van der Waals surface area contributed by atoms with Crippen LogP contribution in [0.1, 0.15) is 0 Å². The molecule has 0 spiro atoms. The molecule has 0 aliphatic rings. The first kappa shape index (κ1) is 7.25. The Labute approximate surface area is 79.5 Å². The highest BCUT2D eigenvalue weighted by Crippen LogP contribution is 2.15. The molecule has 1 N–H and O–H groups in total. The highest BCUT2D eigenvalue weighted by atomic mass is 15.1. The average molecular weight is 185 g/mol. The van der Waals surface area contributed by atoms with Crippen LogP contribution in [-0.2, 0) is 0 Å². The maximum Gasteiger partial charge on any atom is 0.150 e. The lowest BCUT2D eigenvalue weighted by atomic mass is 10.4. The van der Waals surface area contributed by atoms with Crippen molar-refractivity contribution in [2.45, 2.75) is 0 Å². The molecule has 0 unspecified atom stereocenters. The molecule has 5 heteroatoms. The fourth-order valence-electron chi connectivity index (χ4n) is 1.45. The van der Waals surface area contributed by atoms with Crippen LogP contribution in [0.4, 0.5) is 0 Å². The molecule has 3 heterocycles. The van der Waals surface area contributed by atoms with E-state index in [1.165, 1.54) is 6.33 Å². The molecular weight excluding hydrogens is 178 g/mol. The number of rotatable bonds is 1.